The molecule has 2 heterocycles. The summed E-state index contributed by atoms with van der Waals surface area (Å²) < 4.78 is 51.0. The normalized spacial score (nSPS) is 14.9. The minimum absolute atomic E-state index is 0.164. The number of carbonyl (C=O) groups is 1. The lowest BCUT2D eigenvalue weighted by Crippen LogP contribution is -2.48. The number of carbonyl (C=O) groups excluding carboxylic acids is 1. The summed E-state index contributed by atoms with van der Waals surface area (Å²) in [6, 6.07) is 10.5. The number of ether oxygens (including phenoxy) is 1. The zero-order valence-corrected chi connectivity index (χ0v) is 19.5. The van der Waals surface area contributed by atoms with Gasteiger partial charge in [0.1, 0.15) is 11.6 Å². The second-order valence-corrected chi connectivity index (χ2v) is 9.54. The van der Waals surface area contributed by atoms with Crippen LogP contribution in [0.1, 0.15) is 16.2 Å². The lowest BCUT2D eigenvalue weighted by atomic mass is 10.1. The van der Waals surface area contributed by atoms with Gasteiger partial charge in [0.15, 0.2) is 0 Å². The smallest absolute Gasteiger partial charge is 0.256 e. The average molecular weight is 490 g/mol. The summed E-state index contributed by atoms with van der Waals surface area (Å²) in [5.41, 5.74) is 0.529. The minimum atomic E-state index is -3.79. The number of nitrogens with one attached hydrogen (secondary N) is 1. The van der Waals surface area contributed by atoms with Gasteiger partial charge in [-0.15, -0.1) is 0 Å². The van der Waals surface area contributed by atoms with E-state index in [1.54, 1.807) is 7.11 Å². The van der Waals surface area contributed by atoms with Crippen LogP contribution in [0, 0.1) is 5.82 Å². The van der Waals surface area contributed by atoms with Crippen molar-refractivity contribution in [1.29, 1.82) is 0 Å². The van der Waals surface area contributed by atoms with Gasteiger partial charge in [0.25, 0.3) is 5.91 Å². The molecule has 3 aromatic rings. The third kappa shape index (κ3) is 5.08. The molecule has 34 heavy (non-hydrogen) atoms. The average Bonchev–Trinajstić information content (AvgIpc) is 3.32. The molecule has 4 rings (SSSR count). The SMILES string of the molecule is CNS(=O)(=O)c1ccc(F)c(C(=O)N2CCN(Cc3nc(-c4ccc(OC)cc4)no3)CC2)c1. The van der Waals surface area contributed by atoms with Gasteiger partial charge in [-0.3, -0.25) is 9.69 Å². The third-order valence-corrected chi connectivity index (χ3v) is 6.99. The van der Waals surface area contributed by atoms with Crippen LogP contribution in [0.4, 0.5) is 4.39 Å². The van der Waals surface area contributed by atoms with Gasteiger partial charge in [-0.2, -0.15) is 4.98 Å². The number of amides is 1. The molecule has 0 unspecified atom stereocenters. The van der Waals surface area contributed by atoms with Crippen LogP contribution in [0.3, 0.4) is 0 Å². The van der Waals surface area contributed by atoms with Gasteiger partial charge < -0.3 is 14.2 Å². The highest BCUT2D eigenvalue weighted by molar-refractivity contribution is 7.89. The minimum Gasteiger partial charge on any atom is -0.497 e. The molecule has 0 atom stereocenters. The summed E-state index contributed by atoms with van der Waals surface area (Å²) in [7, 11) is -0.945. The van der Waals surface area contributed by atoms with Crippen molar-refractivity contribution in [2.75, 3.05) is 40.3 Å². The standard InChI is InChI=1S/C22H24FN5O5S/c1-24-34(30,31)17-7-8-19(23)18(13-17)22(29)28-11-9-27(10-12-28)14-20-25-21(26-33-20)15-3-5-16(32-2)6-4-15/h3-8,13,24H,9-12,14H2,1-2H3. The Morgan fingerprint density at radius 2 is 1.85 bits per heavy atom. The zero-order valence-electron chi connectivity index (χ0n) is 18.7. The van der Waals surface area contributed by atoms with Crippen molar-refractivity contribution in [3.63, 3.8) is 0 Å². The fourth-order valence-corrected chi connectivity index (χ4v) is 4.36. The number of piperazine rings is 1. The summed E-state index contributed by atoms with van der Waals surface area (Å²) in [4.78, 5) is 20.7. The molecule has 1 aliphatic rings. The number of nitrogens with zero attached hydrogens (tertiary/aromatic N) is 4. The van der Waals surface area contributed by atoms with Crippen LogP contribution >= 0.6 is 0 Å². The van der Waals surface area contributed by atoms with Crippen molar-refractivity contribution in [3.05, 3.63) is 59.7 Å². The summed E-state index contributed by atoms with van der Waals surface area (Å²) >= 11 is 0. The number of methoxy groups -OCH3 is 1. The number of sulfonamides is 1. The van der Waals surface area contributed by atoms with E-state index in [2.05, 4.69) is 14.9 Å². The van der Waals surface area contributed by atoms with E-state index in [1.165, 1.54) is 11.9 Å². The summed E-state index contributed by atoms with van der Waals surface area (Å²) in [5, 5.41) is 4.02. The Morgan fingerprint density at radius 3 is 2.50 bits per heavy atom. The van der Waals surface area contributed by atoms with E-state index in [4.69, 9.17) is 9.26 Å². The van der Waals surface area contributed by atoms with Crippen LogP contribution in [0.15, 0.2) is 51.9 Å². The predicted octanol–water partition coefficient (Wildman–Crippen LogP) is 1.75. The van der Waals surface area contributed by atoms with Crippen LogP contribution in [0.2, 0.25) is 0 Å². The molecule has 0 radical (unpaired) electrons. The first-order valence-electron chi connectivity index (χ1n) is 10.5. The maximum atomic E-state index is 14.3. The van der Waals surface area contributed by atoms with Crippen molar-refractivity contribution in [1.82, 2.24) is 24.7 Å². The first-order chi connectivity index (χ1) is 16.3. The highest BCUT2D eigenvalue weighted by Crippen LogP contribution is 2.21. The first-order valence-corrected chi connectivity index (χ1v) is 12.0. The molecule has 0 bridgehead atoms. The Kier molecular flexibility index (Phi) is 6.91. The Bertz CT molecular complexity index is 1270. The lowest BCUT2D eigenvalue weighted by Gasteiger charge is -2.34. The molecule has 0 aliphatic carbocycles. The Balaban J connectivity index is 1.37. The molecule has 180 valence electrons. The Morgan fingerprint density at radius 1 is 1.15 bits per heavy atom. The van der Waals surface area contributed by atoms with Crippen LogP contribution < -0.4 is 9.46 Å². The summed E-state index contributed by atoms with van der Waals surface area (Å²) in [5.74, 6) is 0.333. The molecule has 1 N–H and O–H groups in total. The molecular weight excluding hydrogens is 465 g/mol. The highest BCUT2D eigenvalue weighted by atomic mass is 32.2. The van der Waals surface area contributed by atoms with Gasteiger partial charge in [-0.25, -0.2) is 17.5 Å². The van der Waals surface area contributed by atoms with Crippen molar-refractivity contribution in [3.8, 4) is 17.1 Å². The number of halogens is 1. The molecule has 1 saturated heterocycles. The van der Waals surface area contributed by atoms with Crippen molar-refractivity contribution >= 4 is 15.9 Å². The van der Waals surface area contributed by atoms with Crippen molar-refractivity contribution in [2.45, 2.75) is 11.4 Å². The van der Waals surface area contributed by atoms with E-state index in [1.807, 2.05) is 29.2 Å². The predicted molar refractivity (Wildman–Crippen MR) is 120 cm³/mol. The molecule has 0 spiro atoms. The van der Waals surface area contributed by atoms with E-state index in [-0.39, 0.29) is 10.5 Å². The van der Waals surface area contributed by atoms with Gasteiger partial charge in [-0.1, -0.05) is 5.16 Å². The van der Waals surface area contributed by atoms with Gasteiger partial charge in [-0.05, 0) is 49.5 Å². The van der Waals surface area contributed by atoms with Crippen LogP contribution in [-0.4, -0.2) is 74.6 Å². The highest BCUT2D eigenvalue weighted by Gasteiger charge is 2.26. The Labute approximate surface area is 196 Å². The first kappa shape index (κ1) is 23.8. The molecule has 1 amide bonds. The maximum absolute atomic E-state index is 14.3. The molecular formula is C22H24FN5O5S. The number of rotatable bonds is 7. The van der Waals surface area contributed by atoms with Crippen LogP contribution in [0.25, 0.3) is 11.4 Å². The molecule has 1 fully saturated rings. The van der Waals surface area contributed by atoms with E-state index < -0.39 is 21.7 Å². The second-order valence-electron chi connectivity index (χ2n) is 7.66. The third-order valence-electron chi connectivity index (χ3n) is 5.58. The number of hydrogen-bond acceptors (Lipinski definition) is 8. The van der Waals surface area contributed by atoms with E-state index in [9.17, 15) is 17.6 Å². The monoisotopic (exact) mass is 489 g/mol. The molecule has 10 nitrogen and oxygen atoms in total. The second kappa shape index (κ2) is 9.87. The zero-order chi connectivity index (χ0) is 24.3. The maximum Gasteiger partial charge on any atom is 0.256 e. The molecule has 12 heteroatoms. The summed E-state index contributed by atoms with van der Waals surface area (Å²) in [6.07, 6.45) is 0. The fourth-order valence-electron chi connectivity index (χ4n) is 3.60. The van der Waals surface area contributed by atoms with E-state index >= 15 is 0 Å². The van der Waals surface area contributed by atoms with Crippen LogP contribution in [0.5, 0.6) is 5.75 Å². The van der Waals surface area contributed by atoms with Gasteiger partial charge in [0.2, 0.25) is 21.7 Å². The molecule has 2 aromatic carbocycles. The summed E-state index contributed by atoms with van der Waals surface area (Å²) in [6.45, 7) is 2.14. The number of hydrogen-bond donors (Lipinski definition) is 1. The number of aromatic nitrogens is 2. The largest absolute Gasteiger partial charge is 0.497 e. The van der Waals surface area contributed by atoms with Gasteiger partial charge in [0.05, 0.1) is 24.1 Å². The van der Waals surface area contributed by atoms with Gasteiger partial charge >= 0.3 is 0 Å². The molecule has 0 saturated carbocycles. The van der Waals surface area contributed by atoms with E-state index in [0.717, 1.165) is 29.5 Å². The van der Waals surface area contributed by atoms with Crippen LogP contribution in [-0.2, 0) is 16.6 Å². The fraction of sp³-hybridized carbons (Fsp3) is 0.318. The van der Waals surface area contributed by atoms with Gasteiger partial charge in [0, 0.05) is 31.7 Å². The lowest BCUT2D eigenvalue weighted by molar-refractivity contribution is 0.0610. The molecule has 1 aromatic heterocycles. The van der Waals surface area contributed by atoms with Crippen molar-refractivity contribution < 1.29 is 26.9 Å². The van der Waals surface area contributed by atoms with Crippen molar-refractivity contribution in [2.24, 2.45) is 0 Å². The topological polar surface area (TPSA) is 118 Å². The molecule has 1 aliphatic heterocycles. The quantitative estimate of drug-likeness (QED) is 0.533. The Hall–Kier alpha value is -3.35. The number of benzene rings is 2. The van der Waals surface area contributed by atoms with E-state index in [0.29, 0.717) is 44.4 Å².